The van der Waals surface area contributed by atoms with E-state index in [1.165, 1.54) is 0 Å². The number of hydrogen-bond donors (Lipinski definition) is 1. The molecule has 1 atom stereocenters. The minimum absolute atomic E-state index is 0.0981. The van der Waals surface area contributed by atoms with Crippen LogP contribution in [0.2, 0.25) is 0 Å². The maximum Gasteiger partial charge on any atom is 0.313 e. The third-order valence-corrected chi connectivity index (χ3v) is 2.53. The number of rotatable bonds is 1. The maximum atomic E-state index is 11.4. The number of hydrogen-bond acceptors (Lipinski definition) is 3. The van der Waals surface area contributed by atoms with Crippen LogP contribution in [0.5, 0.6) is 0 Å². The predicted octanol–water partition coefficient (Wildman–Crippen LogP) is 0.925. The number of H-pyrrole nitrogens is 1. The molecule has 0 fully saturated rings. The number of aromatic amines is 1. The SMILES string of the molecule is CCC1C(=O)OCc2c1cc[nH]c2=O. The molecule has 74 valence electrons. The molecule has 0 amide bonds. The van der Waals surface area contributed by atoms with Crippen molar-refractivity contribution >= 4 is 5.97 Å². The number of cyclic esters (lactones) is 1. The third-order valence-electron chi connectivity index (χ3n) is 2.53. The maximum absolute atomic E-state index is 11.4. The topological polar surface area (TPSA) is 59.2 Å². The van der Waals surface area contributed by atoms with E-state index in [9.17, 15) is 9.59 Å². The molecule has 1 aliphatic rings. The van der Waals surface area contributed by atoms with Crippen molar-refractivity contribution in [2.75, 3.05) is 0 Å². The van der Waals surface area contributed by atoms with Gasteiger partial charge in [0.15, 0.2) is 0 Å². The number of fused-ring (bicyclic) bond motifs is 1. The van der Waals surface area contributed by atoms with Gasteiger partial charge in [0, 0.05) is 6.20 Å². The Hall–Kier alpha value is -1.58. The van der Waals surface area contributed by atoms with Crippen molar-refractivity contribution in [3.8, 4) is 0 Å². The first kappa shape index (κ1) is 8.99. The van der Waals surface area contributed by atoms with E-state index in [4.69, 9.17) is 4.74 Å². The fraction of sp³-hybridized carbons (Fsp3) is 0.400. The Bertz CT molecular complexity index is 422. The van der Waals surface area contributed by atoms with Crippen LogP contribution in [0.1, 0.15) is 30.4 Å². The lowest BCUT2D eigenvalue weighted by molar-refractivity contribution is -0.148. The van der Waals surface area contributed by atoms with Crippen LogP contribution in [0.25, 0.3) is 0 Å². The van der Waals surface area contributed by atoms with Gasteiger partial charge in [-0.2, -0.15) is 0 Å². The van der Waals surface area contributed by atoms with E-state index < -0.39 is 0 Å². The summed E-state index contributed by atoms with van der Waals surface area (Å²) in [6.45, 7) is 2.00. The molecule has 1 aromatic rings. The van der Waals surface area contributed by atoms with Gasteiger partial charge >= 0.3 is 5.97 Å². The molecule has 0 saturated heterocycles. The molecule has 0 radical (unpaired) electrons. The molecule has 1 aliphatic heterocycles. The van der Waals surface area contributed by atoms with Crippen LogP contribution >= 0.6 is 0 Å². The summed E-state index contributed by atoms with van der Waals surface area (Å²) in [6, 6.07) is 1.78. The standard InChI is InChI=1S/C10H11NO3/c1-2-6-7-3-4-11-9(12)8(7)5-14-10(6)13/h3-4,6H,2,5H2,1H3,(H,11,12). The molecule has 4 nitrogen and oxygen atoms in total. The Morgan fingerprint density at radius 2 is 2.36 bits per heavy atom. The van der Waals surface area contributed by atoms with Crippen molar-refractivity contribution < 1.29 is 9.53 Å². The smallest absolute Gasteiger partial charge is 0.313 e. The molecule has 14 heavy (non-hydrogen) atoms. The highest BCUT2D eigenvalue weighted by atomic mass is 16.5. The van der Waals surface area contributed by atoms with Gasteiger partial charge in [0.25, 0.3) is 5.56 Å². The van der Waals surface area contributed by atoms with E-state index in [2.05, 4.69) is 4.98 Å². The van der Waals surface area contributed by atoms with Crippen LogP contribution in [0.15, 0.2) is 17.1 Å². The van der Waals surface area contributed by atoms with E-state index >= 15 is 0 Å². The molecule has 1 aromatic heterocycles. The highest BCUT2D eigenvalue weighted by Gasteiger charge is 2.29. The van der Waals surface area contributed by atoms with Gasteiger partial charge in [0.05, 0.1) is 11.5 Å². The Balaban J connectivity index is 2.57. The van der Waals surface area contributed by atoms with Gasteiger partial charge in [-0.3, -0.25) is 9.59 Å². The quantitative estimate of drug-likeness (QED) is 0.675. The molecular weight excluding hydrogens is 182 g/mol. The molecule has 0 aromatic carbocycles. The largest absolute Gasteiger partial charge is 0.460 e. The van der Waals surface area contributed by atoms with Crippen molar-refractivity contribution in [3.63, 3.8) is 0 Å². The molecule has 2 heterocycles. The molecule has 2 rings (SSSR count). The first-order valence-corrected chi connectivity index (χ1v) is 4.61. The second-order valence-electron chi connectivity index (χ2n) is 3.31. The highest BCUT2D eigenvalue weighted by Crippen LogP contribution is 2.27. The van der Waals surface area contributed by atoms with E-state index in [1.54, 1.807) is 12.3 Å². The van der Waals surface area contributed by atoms with Crippen molar-refractivity contribution in [2.24, 2.45) is 0 Å². The summed E-state index contributed by atoms with van der Waals surface area (Å²) in [5.74, 6) is -0.508. The lowest BCUT2D eigenvalue weighted by atomic mass is 9.92. The number of nitrogens with one attached hydrogen (secondary N) is 1. The van der Waals surface area contributed by atoms with E-state index in [0.717, 1.165) is 5.56 Å². The lowest BCUT2D eigenvalue weighted by Crippen LogP contribution is -2.28. The molecule has 4 heteroatoms. The molecule has 0 aliphatic carbocycles. The van der Waals surface area contributed by atoms with Crippen LogP contribution < -0.4 is 5.56 Å². The van der Waals surface area contributed by atoms with Gasteiger partial charge < -0.3 is 9.72 Å². The molecule has 0 bridgehead atoms. The third kappa shape index (κ3) is 1.23. The summed E-state index contributed by atoms with van der Waals surface area (Å²) < 4.78 is 4.93. The summed E-state index contributed by atoms with van der Waals surface area (Å²) in [4.78, 5) is 25.3. The Labute approximate surface area is 80.9 Å². The summed E-state index contributed by atoms with van der Waals surface area (Å²) in [5.41, 5.74) is 1.24. The fourth-order valence-electron chi connectivity index (χ4n) is 1.76. The number of carbonyl (C=O) groups excluding carboxylic acids is 1. The monoisotopic (exact) mass is 193 g/mol. The van der Waals surface area contributed by atoms with Gasteiger partial charge in [-0.25, -0.2) is 0 Å². The lowest BCUT2D eigenvalue weighted by Gasteiger charge is -2.22. The second-order valence-corrected chi connectivity index (χ2v) is 3.31. The Morgan fingerprint density at radius 1 is 1.57 bits per heavy atom. The molecule has 1 unspecified atom stereocenters. The van der Waals surface area contributed by atoms with Crippen LogP contribution in [0, 0.1) is 0 Å². The minimum Gasteiger partial charge on any atom is -0.460 e. The van der Waals surface area contributed by atoms with Crippen molar-refractivity contribution in [3.05, 3.63) is 33.7 Å². The van der Waals surface area contributed by atoms with Gasteiger partial charge in [-0.1, -0.05) is 6.92 Å². The van der Waals surface area contributed by atoms with E-state index in [1.807, 2.05) is 6.92 Å². The molecule has 1 N–H and O–H groups in total. The second kappa shape index (κ2) is 3.29. The van der Waals surface area contributed by atoms with Crippen molar-refractivity contribution in [1.82, 2.24) is 4.98 Å². The van der Waals surface area contributed by atoms with Gasteiger partial charge in [0.1, 0.15) is 6.61 Å². The van der Waals surface area contributed by atoms with Crippen molar-refractivity contribution in [1.29, 1.82) is 0 Å². The number of esters is 1. The van der Waals surface area contributed by atoms with Gasteiger partial charge in [-0.15, -0.1) is 0 Å². The molecular formula is C10H11NO3. The summed E-state index contributed by atoms with van der Waals surface area (Å²) >= 11 is 0. The van der Waals surface area contributed by atoms with Crippen molar-refractivity contribution in [2.45, 2.75) is 25.9 Å². The van der Waals surface area contributed by atoms with Crippen LogP contribution in [0.3, 0.4) is 0 Å². The van der Waals surface area contributed by atoms with E-state index in [0.29, 0.717) is 12.0 Å². The fourth-order valence-corrected chi connectivity index (χ4v) is 1.76. The summed E-state index contributed by atoms with van der Waals surface area (Å²) in [6.07, 6.45) is 2.23. The zero-order valence-corrected chi connectivity index (χ0v) is 7.87. The number of aromatic nitrogens is 1. The molecule has 0 spiro atoms. The predicted molar refractivity (Wildman–Crippen MR) is 49.9 cm³/mol. The van der Waals surface area contributed by atoms with Crippen LogP contribution in [-0.4, -0.2) is 11.0 Å². The first-order chi connectivity index (χ1) is 6.74. The number of carbonyl (C=O) groups is 1. The Kier molecular flexibility index (Phi) is 2.11. The summed E-state index contributed by atoms with van der Waals surface area (Å²) in [5, 5.41) is 0. The number of ether oxygens (including phenoxy) is 1. The summed E-state index contributed by atoms with van der Waals surface area (Å²) in [7, 11) is 0. The Morgan fingerprint density at radius 3 is 3.07 bits per heavy atom. The zero-order chi connectivity index (χ0) is 10.1. The van der Waals surface area contributed by atoms with Crippen LogP contribution in [0.4, 0.5) is 0 Å². The number of pyridine rings is 1. The normalized spacial score (nSPS) is 20.1. The van der Waals surface area contributed by atoms with Gasteiger partial charge in [0.2, 0.25) is 0 Å². The zero-order valence-electron chi connectivity index (χ0n) is 7.87. The first-order valence-electron chi connectivity index (χ1n) is 4.61. The highest BCUT2D eigenvalue weighted by molar-refractivity contribution is 5.79. The van der Waals surface area contributed by atoms with Crippen LogP contribution in [-0.2, 0) is 16.1 Å². The average molecular weight is 193 g/mol. The van der Waals surface area contributed by atoms with E-state index in [-0.39, 0.29) is 24.1 Å². The van der Waals surface area contributed by atoms with Gasteiger partial charge in [-0.05, 0) is 18.1 Å². The minimum atomic E-state index is -0.277. The molecule has 0 saturated carbocycles. The average Bonchev–Trinajstić information content (AvgIpc) is 2.18.